The maximum atomic E-state index is 17.0. The van der Waals surface area contributed by atoms with Gasteiger partial charge in [-0.05, 0) is 85.7 Å². The highest BCUT2D eigenvalue weighted by Gasteiger charge is 2.58. The van der Waals surface area contributed by atoms with Gasteiger partial charge < -0.3 is 19.3 Å². The summed E-state index contributed by atoms with van der Waals surface area (Å²) >= 11 is 12.6. The van der Waals surface area contributed by atoms with E-state index in [9.17, 15) is 9.90 Å². The summed E-state index contributed by atoms with van der Waals surface area (Å²) in [6.07, 6.45) is 1.52. The lowest BCUT2D eigenvalue weighted by Crippen LogP contribution is -2.51. The summed E-state index contributed by atoms with van der Waals surface area (Å²) in [4.78, 5) is 30.3. The van der Waals surface area contributed by atoms with Crippen LogP contribution in [0.15, 0.2) is 60.7 Å². The van der Waals surface area contributed by atoms with Crippen LogP contribution in [0, 0.1) is 17.7 Å². The number of fused-ring (bicyclic) bond motifs is 1. The molecule has 3 aromatic rings. The van der Waals surface area contributed by atoms with Crippen LogP contribution in [-0.2, 0) is 30.3 Å². The van der Waals surface area contributed by atoms with Crippen LogP contribution in [0.3, 0.4) is 0 Å². The lowest BCUT2D eigenvalue weighted by Gasteiger charge is -2.44. The third-order valence-electron chi connectivity index (χ3n) is 10.1. The molecule has 0 aromatic heterocycles. The summed E-state index contributed by atoms with van der Waals surface area (Å²) in [7, 11) is -0.0987. The van der Waals surface area contributed by atoms with Gasteiger partial charge in [0.1, 0.15) is 5.82 Å². The van der Waals surface area contributed by atoms with E-state index < -0.39 is 49.1 Å². The van der Waals surface area contributed by atoms with Gasteiger partial charge in [0.15, 0.2) is 5.72 Å². The Bertz CT molecular complexity index is 1660. The van der Waals surface area contributed by atoms with Crippen LogP contribution in [0.4, 0.5) is 4.39 Å². The van der Waals surface area contributed by atoms with Crippen molar-refractivity contribution >= 4 is 43.2 Å². The van der Waals surface area contributed by atoms with Gasteiger partial charge in [0.25, 0.3) is 5.91 Å². The van der Waals surface area contributed by atoms with Crippen LogP contribution < -0.4 is 0 Å². The molecule has 2 aliphatic rings. The zero-order valence-electron chi connectivity index (χ0n) is 29.0. The van der Waals surface area contributed by atoms with Gasteiger partial charge in [-0.1, -0.05) is 74.0 Å². The van der Waals surface area contributed by atoms with E-state index in [1.54, 1.807) is 61.5 Å². The first-order chi connectivity index (χ1) is 23.2. The number of benzene rings is 3. The van der Waals surface area contributed by atoms with Crippen molar-refractivity contribution in [2.75, 3.05) is 26.9 Å². The number of aliphatic hydroxyl groups is 1. The van der Waals surface area contributed by atoms with Gasteiger partial charge in [-0.15, -0.1) is 0 Å². The highest BCUT2D eigenvalue weighted by molar-refractivity contribution is 6.76. The van der Waals surface area contributed by atoms with Crippen LogP contribution in [0.2, 0.25) is 35.7 Å². The molecule has 0 saturated carbocycles. The molecule has 0 bridgehead atoms. The predicted molar refractivity (Wildman–Crippen MR) is 192 cm³/mol. The number of hydrogen-bond donors (Lipinski definition) is 1. The largest absolute Gasteiger partial charge is 0.466 e. The fourth-order valence-electron chi connectivity index (χ4n) is 7.31. The molecule has 0 radical (unpaired) electrons. The second-order valence-electron chi connectivity index (χ2n) is 14.3. The topological polar surface area (TPSA) is 85.3 Å². The molecule has 1 N–H and O–H groups in total. The summed E-state index contributed by atoms with van der Waals surface area (Å²) in [5, 5.41) is 13.0. The Morgan fingerprint density at radius 2 is 1.67 bits per heavy atom. The van der Waals surface area contributed by atoms with Gasteiger partial charge in [0.05, 0.1) is 35.3 Å². The molecule has 7 nitrogen and oxygen atoms in total. The van der Waals surface area contributed by atoms with Crippen LogP contribution >= 0.6 is 23.2 Å². The van der Waals surface area contributed by atoms with Crippen molar-refractivity contribution in [3.05, 3.63) is 104 Å². The molecule has 0 aliphatic carbocycles. The van der Waals surface area contributed by atoms with Crippen LogP contribution in [-0.4, -0.2) is 56.9 Å². The second kappa shape index (κ2) is 14.8. The van der Waals surface area contributed by atoms with Crippen molar-refractivity contribution in [1.29, 1.82) is 0 Å². The number of ether oxygens (including phenoxy) is 3. The molecule has 5 rings (SSSR count). The zero-order chi connectivity index (χ0) is 35.7. The summed E-state index contributed by atoms with van der Waals surface area (Å²) in [6, 6.07) is 16.3. The normalized spacial score (nSPS) is 20.9. The van der Waals surface area contributed by atoms with Crippen molar-refractivity contribution < 1.29 is 33.3 Å². The van der Waals surface area contributed by atoms with Crippen LogP contribution in [0.1, 0.15) is 71.8 Å². The van der Waals surface area contributed by atoms with Crippen molar-refractivity contribution in [3.8, 4) is 0 Å². The van der Waals surface area contributed by atoms with E-state index in [4.69, 9.17) is 37.4 Å². The molecule has 4 atom stereocenters. The molecule has 2 unspecified atom stereocenters. The second-order valence-corrected chi connectivity index (χ2v) is 20.8. The SMILES string of the molecule is CCC(O)(c1cc(F)c2c(c1)C(=O)N(C(c1ccc(Cl)cc1)[C@H](C)C(=O)OCC[Si](C)(C)C)[C@@]2(OC)c1ccc(Cl)cc1)C1CCOCC1. The number of amides is 1. The van der Waals surface area contributed by atoms with E-state index >= 15 is 9.18 Å². The Balaban J connectivity index is 1.73. The number of hydrogen-bond acceptors (Lipinski definition) is 6. The summed E-state index contributed by atoms with van der Waals surface area (Å²) < 4.78 is 34.7. The number of carbonyl (C=O) groups excluding carboxylic acids is 2. The summed E-state index contributed by atoms with van der Waals surface area (Å²) in [5.41, 5.74) is -1.84. The Morgan fingerprint density at radius 3 is 2.22 bits per heavy atom. The Hall–Kier alpha value is -2.79. The maximum absolute atomic E-state index is 17.0. The first kappa shape index (κ1) is 37.5. The number of halogens is 3. The number of rotatable bonds is 12. The molecule has 3 aromatic carbocycles. The molecule has 2 heterocycles. The molecule has 0 spiro atoms. The van der Waals surface area contributed by atoms with Crippen LogP contribution in [0.5, 0.6) is 0 Å². The summed E-state index contributed by atoms with van der Waals surface area (Å²) in [5.74, 6) is -2.85. The van der Waals surface area contributed by atoms with Crippen molar-refractivity contribution in [3.63, 3.8) is 0 Å². The molecular formula is C38H46Cl2FNO6Si. The first-order valence-corrected chi connectivity index (χ1v) is 21.4. The number of esters is 1. The van der Waals surface area contributed by atoms with Gasteiger partial charge in [-0.25, -0.2) is 4.39 Å². The molecule has 1 saturated heterocycles. The number of methoxy groups -OCH3 is 1. The van der Waals surface area contributed by atoms with E-state index in [2.05, 4.69) is 19.6 Å². The first-order valence-electron chi connectivity index (χ1n) is 16.9. The van der Waals surface area contributed by atoms with Gasteiger partial charge in [0, 0.05) is 44.0 Å². The number of nitrogens with zero attached hydrogens (tertiary/aromatic N) is 1. The smallest absolute Gasteiger partial charge is 0.311 e. The molecule has 1 fully saturated rings. The lowest BCUT2D eigenvalue weighted by atomic mass is 9.74. The predicted octanol–water partition coefficient (Wildman–Crippen LogP) is 8.72. The van der Waals surface area contributed by atoms with Gasteiger partial charge in [-0.3, -0.25) is 14.5 Å². The lowest BCUT2D eigenvalue weighted by molar-refractivity contribution is -0.155. The highest BCUT2D eigenvalue weighted by Crippen LogP contribution is 2.53. The van der Waals surface area contributed by atoms with E-state index in [0.29, 0.717) is 59.2 Å². The van der Waals surface area contributed by atoms with Crippen molar-refractivity contribution in [2.24, 2.45) is 11.8 Å². The highest BCUT2D eigenvalue weighted by atomic mass is 35.5. The van der Waals surface area contributed by atoms with Crippen molar-refractivity contribution in [1.82, 2.24) is 4.90 Å². The third-order valence-corrected chi connectivity index (χ3v) is 12.3. The minimum absolute atomic E-state index is 0.00485. The molecule has 11 heteroatoms. The fourth-order valence-corrected chi connectivity index (χ4v) is 8.27. The third kappa shape index (κ3) is 7.21. The average molecular weight is 731 g/mol. The van der Waals surface area contributed by atoms with E-state index in [1.165, 1.54) is 18.1 Å². The molecule has 264 valence electrons. The van der Waals surface area contributed by atoms with Crippen LogP contribution in [0.25, 0.3) is 0 Å². The van der Waals surface area contributed by atoms with Gasteiger partial charge in [0.2, 0.25) is 0 Å². The van der Waals surface area contributed by atoms with E-state index in [0.717, 1.165) is 6.04 Å². The number of carbonyl (C=O) groups is 2. The Labute approximate surface area is 299 Å². The molecule has 2 aliphatic heterocycles. The monoisotopic (exact) mass is 729 g/mol. The Morgan fingerprint density at radius 1 is 1.08 bits per heavy atom. The maximum Gasteiger partial charge on any atom is 0.311 e. The Kier molecular flexibility index (Phi) is 11.3. The van der Waals surface area contributed by atoms with E-state index in [-0.39, 0.29) is 23.7 Å². The standard InChI is InChI=1S/C38H46Cl2FNO6Si/c1-7-37(45,26-16-18-47-19-17-26)28-22-31-33(32(41)23-28)38(46-3,27-10-14-30(40)15-11-27)42(35(31)43)34(25-8-12-29(39)13-9-25)24(2)36(44)48-20-21-49(4,5)6/h8-15,22-24,26,34,45H,7,16-21H2,1-6H3/t24-,34?,37?,38+/m0/s1. The summed E-state index contributed by atoms with van der Waals surface area (Å²) in [6.45, 7) is 11.4. The molecular weight excluding hydrogens is 684 g/mol. The minimum Gasteiger partial charge on any atom is -0.466 e. The quantitative estimate of drug-likeness (QED) is 0.148. The van der Waals surface area contributed by atoms with Gasteiger partial charge >= 0.3 is 5.97 Å². The van der Waals surface area contributed by atoms with Gasteiger partial charge in [-0.2, -0.15) is 0 Å². The molecule has 49 heavy (non-hydrogen) atoms. The van der Waals surface area contributed by atoms with E-state index in [1.807, 2.05) is 6.92 Å². The molecule has 1 amide bonds. The minimum atomic E-state index is -1.82. The average Bonchev–Trinajstić information content (AvgIpc) is 3.33. The zero-order valence-corrected chi connectivity index (χ0v) is 31.5. The van der Waals surface area contributed by atoms with Crippen molar-refractivity contribution in [2.45, 2.75) is 76.2 Å². The fraction of sp³-hybridized carbons (Fsp3) is 0.474.